The van der Waals surface area contributed by atoms with E-state index in [0.29, 0.717) is 16.6 Å². The Bertz CT molecular complexity index is 660. The molecule has 0 spiro atoms. The van der Waals surface area contributed by atoms with Crippen LogP contribution in [0.2, 0.25) is 5.02 Å². The molecule has 0 radical (unpaired) electrons. The molecule has 0 unspecified atom stereocenters. The number of nitrogens with two attached hydrogens (primary N) is 1. The van der Waals surface area contributed by atoms with Crippen molar-refractivity contribution >= 4 is 40.1 Å². The molecule has 0 amide bonds. The predicted molar refractivity (Wildman–Crippen MR) is 79.8 cm³/mol. The van der Waals surface area contributed by atoms with Crippen molar-refractivity contribution in [1.82, 2.24) is 4.57 Å². The molecule has 0 bridgehead atoms. The van der Waals surface area contributed by atoms with Crippen LogP contribution in [-0.2, 0) is 6.54 Å². The smallest absolute Gasteiger partial charge is 0.307 e. The van der Waals surface area contributed by atoms with E-state index in [1.54, 1.807) is 10.6 Å². The van der Waals surface area contributed by atoms with Crippen molar-refractivity contribution in [2.45, 2.75) is 13.5 Å². The summed E-state index contributed by atoms with van der Waals surface area (Å²) in [5.74, 6) is 0. The number of thiazole rings is 1. The van der Waals surface area contributed by atoms with Crippen LogP contribution < -0.4 is 10.6 Å². The van der Waals surface area contributed by atoms with Crippen LogP contribution in [0.3, 0.4) is 0 Å². The van der Waals surface area contributed by atoms with Crippen molar-refractivity contribution < 1.29 is 0 Å². The van der Waals surface area contributed by atoms with Gasteiger partial charge >= 0.3 is 4.87 Å². The number of aryl methyl sites for hydroxylation is 1. The van der Waals surface area contributed by atoms with E-state index in [0.717, 1.165) is 16.8 Å². The van der Waals surface area contributed by atoms with Gasteiger partial charge in [0.25, 0.3) is 0 Å². The van der Waals surface area contributed by atoms with Crippen molar-refractivity contribution in [3.63, 3.8) is 0 Å². The second-order valence-electron chi connectivity index (χ2n) is 3.90. The van der Waals surface area contributed by atoms with Crippen molar-refractivity contribution in [3.8, 4) is 0 Å². The van der Waals surface area contributed by atoms with Gasteiger partial charge in [-0.15, -0.1) is 0 Å². The highest BCUT2D eigenvalue weighted by atomic mass is 35.5. The highest BCUT2D eigenvalue weighted by molar-refractivity contribution is 7.80. The first-order valence-corrected chi connectivity index (χ1v) is 6.89. The SMILES string of the molecule is Cc1csc(=O)n1Cc1ccc(C(N)=S)cc1Cl. The Kier molecular flexibility index (Phi) is 3.85. The van der Waals surface area contributed by atoms with Crippen molar-refractivity contribution in [2.24, 2.45) is 5.73 Å². The molecule has 2 aromatic rings. The Balaban J connectivity index is 2.36. The fourth-order valence-corrected chi connectivity index (χ4v) is 2.70. The average Bonchev–Trinajstić information content (AvgIpc) is 2.63. The number of hydrogen-bond donors (Lipinski definition) is 1. The molecule has 18 heavy (non-hydrogen) atoms. The standard InChI is InChI=1S/C12H11ClN2OS2/c1-7-6-18-12(16)15(7)5-9-3-2-8(11(14)17)4-10(9)13/h2-4,6H,5H2,1H3,(H2,14,17). The van der Waals surface area contributed by atoms with Gasteiger partial charge in [0.15, 0.2) is 0 Å². The first-order chi connectivity index (χ1) is 8.49. The van der Waals surface area contributed by atoms with E-state index < -0.39 is 0 Å². The number of halogens is 1. The minimum Gasteiger partial charge on any atom is -0.389 e. The summed E-state index contributed by atoms with van der Waals surface area (Å²) < 4.78 is 1.69. The Morgan fingerprint density at radius 3 is 2.78 bits per heavy atom. The fourth-order valence-electron chi connectivity index (χ4n) is 1.60. The van der Waals surface area contributed by atoms with E-state index in [-0.39, 0.29) is 4.87 Å². The summed E-state index contributed by atoms with van der Waals surface area (Å²) in [7, 11) is 0. The molecule has 3 nitrogen and oxygen atoms in total. The molecule has 1 aromatic carbocycles. The van der Waals surface area contributed by atoms with Crippen LogP contribution >= 0.6 is 35.2 Å². The number of rotatable bonds is 3. The quantitative estimate of drug-likeness (QED) is 0.886. The Morgan fingerprint density at radius 1 is 1.56 bits per heavy atom. The third-order valence-corrected chi connectivity index (χ3v) is 4.11. The van der Waals surface area contributed by atoms with Gasteiger partial charge in [-0.2, -0.15) is 0 Å². The monoisotopic (exact) mass is 298 g/mol. The summed E-state index contributed by atoms with van der Waals surface area (Å²) in [6.07, 6.45) is 0. The second-order valence-corrected chi connectivity index (χ2v) is 5.57. The lowest BCUT2D eigenvalue weighted by atomic mass is 10.1. The molecule has 0 fully saturated rings. The number of nitrogens with zero attached hydrogens (tertiary/aromatic N) is 1. The van der Waals surface area contributed by atoms with Gasteiger partial charge in [0.05, 0.1) is 6.54 Å². The van der Waals surface area contributed by atoms with Gasteiger partial charge in [-0.05, 0) is 18.6 Å². The molecule has 0 aliphatic heterocycles. The maximum Gasteiger partial charge on any atom is 0.307 e. The molecule has 2 rings (SSSR count). The van der Waals surface area contributed by atoms with E-state index in [2.05, 4.69) is 0 Å². The first kappa shape index (κ1) is 13.3. The molecule has 0 atom stereocenters. The van der Waals surface area contributed by atoms with Crippen LogP contribution in [-0.4, -0.2) is 9.56 Å². The lowest BCUT2D eigenvalue weighted by Crippen LogP contribution is -2.16. The molecule has 1 aromatic heterocycles. The minimum absolute atomic E-state index is 0.0157. The van der Waals surface area contributed by atoms with E-state index >= 15 is 0 Å². The largest absolute Gasteiger partial charge is 0.389 e. The van der Waals surface area contributed by atoms with Gasteiger partial charge in [0, 0.05) is 21.7 Å². The summed E-state index contributed by atoms with van der Waals surface area (Å²) >= 11 is 12.2. The molecule has 0 aliphatic carbocycles. The number of aromatic nitrogens is 1. The fraction of sp³-hybridized carbons (Fsp3) is 0.167. The van der Waals surface area contributed by atoms with Crippen LogP contribution in [0.15, 0.2) is 28.4 Å². The Hall–Kier alpha value is -1.17. The molecule has 2 N–H and O–H groups in total. The molecule has 94 valence electrons. The lowest BCUT2D eigenvalue weighted by Gasteiger charge is -2.08. The van der Waals surface area contributed by atoms with Gasteiger partial charge in [0.1, 0.15) is 4.99 Å². The number of benzene rings is 1. The summed E-state index contributed by atoms with van der Waals surface area (Å²) in [5, 5.41) is 2.40. The topological polar surface area (TPSA) is 48.0 Å². The number of thiocarbonyl (C=S) groups is 1. The zero-order valence-corrected chi connectivity index (χ0v) is 12.0. The molecular weight excluding hydrogens is 288 g/mol. The van der Waals surface area contributed by atoms with Gasteiger partial charge in [-0.1, -0.05) is 47.3 Å². The molecule has 6 heteroatoms. The highest BCUT2D eigenvalue weighted by Gasteiger charge is 2.08. The molecule has 0 saturated heterocycles. The van der Waals surface area contributed by atoms with E-state index in [9.17, 15) is 4.79 Å². The van der Waals surface area contributed by atoms with Crippen LogP contribution in [0.25, 0.3) is 0 Å². The van der Waals surface area contributed by atoms with Gasteiger partial charge in [-0.3, -0.25) is 9.36 Å². The first-order valence-electron chi connectivity index (χ1n) is 5.22. The lowest BCUT2D eigenvalue weighted by molar-refractivity contribution is 0.755. The van der Waals surface area contributed by atoms with Gasteiger partial charge in [0.2, 0.25) is 0 Å². The summed E-state index contributed by atoms with van der Waals surface area (Å²) in [5.41, 5.74) is 8.07. The maximum absolute atomic E-state index is 11.6. The molecular formula is C12H11ClN2OS2. The molecule has 0 saturated carbocycles. The highest BCUT2D eigenvalue weighted by Crippen LogP contribution is 2.19. The Labute approximate surface area is 119 Å². The summed E-state index contributed by atoms with van der Waals surface area (Å²) in [6.45, 7) is 2.36. The number of hydrogen-bond acceptors (Lipinski definition) is 3. The van der Waals surface area contributed by atoms with Crippen LogP contribution in [0.5, 0.6) is 0 Å². The summed E-state index contributed by atoms with van der Waals surface area (Å²) in [6, 6.07) is 5.39. The minimum atomic E-state index is 0.0157. The van der Waals surface area contributed by atoms with Crippen molar-refractivity contribution in [3.05, 3.63) is 55.1 Å². The van der Waals surface area contributed by atoms with E-state index in [1.807, 2.05) is 24.4 Å². The second kappa shape index (κ2) is 5.22. The maximum atomic E-state index is 11.6. The molecule has 0 aliphatic rings. The van der Waals surface area contributed by atoms with Crippen molar-refractivity contribution in [1.29, 1.82) is 0 Å². The zero-order chi connectivity index (χ0) is 13.3. The average molecular weight is 299 g/mol. The van der Waals surface area contributed by atoms with Crippen LogP contribution in [0.4, 0.5) is 0 Å². The van der Waals surface area contributed by atoms with Crippen LogP contribution in [0.1, 0.15) is 16.8 Å². The molecule has 1 heterocycles. The van der Waals surface area contributed by atoms with Gasteiger partial charge in [-0.25, -0.2) is 0 Å². The zero-order valence-electron chi connectivity index (χ0n) is 9.64. The van der Waals surface area contributed by atoms with E-state index in [1.165, 1.54) is 11.3 Å². The third-order valence-electron chi connectivity index (χ3n) is 2.64. The van der Waals surface area contributed by atoms with Crippen molar-refractivity contribution in [2.75, 3.05) is 0 Å². The normalized spacial score (nSPS) is 10.6. The van der Waals surface area contributed by atoms with E-state index in [4.69, 9.17) is 29.6 Å². The summed E-state index contributed by atoms with van der Waals surface area (Å²) in [4.78, 5) is 12.0. The predicted octanol–water partition coefficient (Wildman–Crippen LogP) is 2.55. The van der Waals surface area contributed by atoms with Gasteiger partial charge < -0.3 is 5.73 Å². The van der Waals surface area contributed by atoms with Crippen LogP contribution in [0, 0.1) is 6.92 Å². The third kappa shape index (κ3) is 2.63. The Morgan fingerprint density at radius 2 is 2.28 bits per heavy atom.